The van der Waals surface area contributed by atoms with Gasteiger partial charge in [-0.15, -0.1) is 23.1 Å². The molecular weight excluding hydrogens is 398 g/mol. The Balaban J connectivity index is 1.46. The topological polar surface area (TPSA) is 49.0 Å². The Morgan fingerprint density at radius 1 is 1.14 bits per heavy atom. The number of fused-ring (bicyclic) bond motifs is 3. The SMILES string of the molecule is CS/C(=C\c1ccc(N2CCCCC2)cc1)c1nc2sc3c(c2c(=O)[nH]1)CCC3. The van der Waals surface area contributed by atoms with Gasteiger partial charge in [-0.2, -0.15) is 0 Å². The lowest BCUT2D eigenvalue weighted by atomic mass is 10.1. The summed E-state index contributed by atoms with van der Waals surface area (Å²) in [5.41, 5.74) is 3.67. The number of nitrogens with zero attached hydrogens (tertiary/aromatic N) is 2. The quantitative estimate of drug-likeness (QED) is 0.617. The zero-order valence-electron chi connectivity index (χ0n) is 16.7. The van der Waals surface area contributed by atoms with Gasteiger partial charge < -0.3 is 9.88 Å². The molecule has 0 atom stereocenters. The Labute approximate surface area is 179 Å². The number of aromatic nitrogens is 2. The lowest BCUT2D eigenvalue weighted by molar-refractivity contribution is 0.578. The van der Waals surface area contributed by atoms with Gasteiger partial charge in [-0.1, -0.05) is 12.1 Å². The molecule has 0 unspecified atom stereocenters. The third-order valence-electron chi connectivity index (χ3n) is 5.94. The molecule has 1 fully saturated rings. The van der Waals surface area contributed by atoms with Crippen LogP contribution in [-0.4, -0.2) is 29.3 Å². The fourth-order valence-corrected chi connectivity index (χ4v) is 6.23. The molecule has 4 nitrogen and oxygen atoms in total. The summed E-state index contributed by atoms with van der Waals surface area (Å²) in [6.45, 7) is 2.31. The van der Waals surface area contributed by atoms with Gasteiger partial charge in [0.25, 0.3) is 5.56 Å². The molecule has 0 spiro atoms. The van der Waals surface area contributed by atoms with Crippen molar-refractivity contribution in [2.75, 3.05) is 24.2 Å². The van der Waals surface area contributed by atoms with Crippen LogP contribution < -0.4 is 10.5 Å². The molecule has 1 N–H and O–H groups in total. The molecule has 3 heterocycles. The van der Waals surface area contributed by atoms with Crippen molar-refractivity contribution < 1.29 is 0 Å². The van der Waals surface area contributed by atoms with Gasteiger partial charge in [0.15, 0.2) is 0 Å². The maximum Gasteiger partial charge on any atom is 0.260 e. The van der Waals surface area contributed by atoms with Crippen LogP contribution in [-0.2, 0) is 12.8 Å². The van der Waals surface area contributed by atoms with E-state index in [1.807, 2.05) is 6.26 Å². The summed E-state index contributed by atoms with van der Waals surface area (Å²) in [6.07, 6.45) is 11.3. The van der Waals surface area contributed by atoms with Crippen LogP contribution in [0.3, 0.4) is 0 Å². The third kappa shape index (κ3) is 3.64. The Morgan fingerprint density at radius 2 is 1.93 bits per heavy atom. The molecule has 0 amide bonds. The van der Waals surface area contributed by atoms with Gasteiger partial charge in [0.2, 0.25) is 0 Å². The number of piperidine rings is 1. The molecule has 6 heteroatoms. The first-order chi connectivity index (χ1) is 14.2. The summed E-state index contributed by atoms with van der Waals surface area (Å²) >= 11 is 3.31. The normalized spacial score (nSPS) is 17.1. The predicted molar refractivity (Wildman–Crippen MR) is 126 cm³/mol. The van der Waals surface area contributed by atoms with Crippen LogP contribution in [0.4, 0.5) is 5.69 Å². The fourth-order valence-electron chi connectivity index (χ4n) is 4.43. The number of rotatable bonds is 4. The van der Waals surface area contributed by atoms with Gasteiger partial charge in [0.05, 0.1) is 10.3 Å². The standard InChI is InChI=1S/C23H25N3OS2/c1-28-19(14-15-8-10-16(11-9-15)26-12-3-2-4-13-26)21-24-22(27)20-17-6-5-7-18(17)29-23(20)25-21/h8-11,14H,2-7,12-13H2,1H3,(H,24,25,27)/b19-14-. The number of aryl methyl sites for hydroxylation is 2. The van der Waals surface area contributed by atoms with Crippen LogP contribution in [0.1, 0.15) is 47.5 Å². The Hall–Kier alpha value is -2.05. The number of thiophene rings is 1. The highest BCUT2D eigenvalue weighted by atomic mass is 32.2. The van der Waals surface area contributed by atoms with Gasteiger partial charge in [0.1, 0.15) is 10.7 Å². The summed E-state index contributed by atoms with van der Waals surface area (Å²) in [4.78, 5) is 26.3. The number of hydrogen-bond acceptors (Lipinski definition) is 5. The van der Waals surface area contributed by atoms with E-state index in [0.717, 1.165) is 53.0 Å². The number of aromatic amines is 1. The highest BCUT2D eigenvalue weighted by molar-refractivity contribution is 8.07. The number of anilines is 1. The highest BCUT2D eigenvalue weighted by Gasteiger charge is 2.21. The second-order valence-electron chi connectivity index (χ2n) is 7.80. The van der Waals surface area contributed by atoms with Crippen LogP contribution >= 0.6 is 23.1 Å². The van der Waals surface area contributed by atoms with Crippen molar-refractivity contribution in [2.24, 2.45) is 0 Å². The lowest BCUT2D eigenvalue weighted by Crippen LogP contribution is -2.29. The van der Waals surface area contributed by atoms with E-state index in [1.165, 1.54) is 35.4 Å². The van der Waals surface area contributed by atoms with E-state index in [4.69, 9.17) is 4.98 Å². The number of H-pyrrole nitrogens is 1. The maximum atomic E-state index is 12.8. The molecule has 0 saturated carbocycles. The molecule has 1 aliphatic heterocycles. The molecule has 2 aromatic heterocycles. The zero-order valence-corrected chi connectivity index (χ0v) is 18.3. The molecule has 1 saturated heterocycles. The number of nitrogens with one attached hydrogen (secondary N) is 1. The Morgan fingerprint density at radius 3 is 2.69 bits per heavy atom. The minimum atomic E-state index is 0.00444. The van der Waals surface area contributed by atoms with Gasteiger partial charge in [-0.3, -0.25) is 4.79 Å². The molecule has 1 aromatic carbocycles. The Kier molecular flexibility index (Phi) is 5.22. The highest BCUT2D eigenvalue weighted by Crippen LogP contribution is 2.35. The molecule has 0 bridgehead atoms. The largest absolute Gasteiger partial charge is 0.372 e. The van der Waals surface area contributed by atoms with Crippen molar-refractivity contribution in [3.63, 3.8) is 0 Å². The monoisotopic (exact) mass is 423 g/mol. The second-order valence-corrected chi connectivity index (χ2v) is 9.74. The van der Waals surface area contributed by atoms with Crippen LogP contribution in [0.25, 0.3) is 21.2 Å². The third-order valence-corrected chi connectivity index (χ3v) is 7.88. The molecule has 5 rings (SSSR count). The molecule has 2 aliphatic rings. The van der Waals surface area contributed by atoms with Crippen molar-refractivity contribution in [2.45, 2.75) is 38.5 Å². The first kappa shape index (κ1) is 18.9. The van der Waals surface area contributed by atoms with E-state index < -0.39 is 0 Å². The summed E-state index contributed by atoms with van der Waals surface area (Å²) in [6, 6.07) is 8.74. The fraction of sp³-hybridized carbons (Fsp3) is 0.391. The summed E-state index contributed by atoms with van der Waals surface area (Å²) in [7, 11) is 0. The first-order valence-corrected chi connectivity index (χ1v) is 12.4. The van der Waals surface area contributed by atoms with E-state index in [0.29, 0.717) is 5.82 Å². The van der Waals surface area contributed by atoms with Gasteiger partial charge in [-0.25, -0.2) is 4.98 Å². The van der Waals surface area contributed by atoms with Crippen LogP contribution in [0, 0.1) is 0 Å². The van der Waals surface area contributed by atoms with Crippen molar-refractivity contribution in [1.82, 2.24) is 9.97 Å². The van der Waals surface area contributed by atoms with Gasteiger partial charge in [-0.05, 0) is 74.1 Å². The molecule has 1 aliphatic carbocycles. The van der Waals surface area contributed by atoms with Crippen LogP contribution in [0.2, 0.25) is 0 Å². The maximum absolute atomic E-state index is 12.8. The summed E-state index contributed by atoms with van der Waals surface area (Å²) < 4.78 is 0. The molecule has 29 heavy (non-hydrogen) atoms. The van der Waals surface area contributed by atoms with Crippen molar-refractivity contribution >= 4 is 50.0 Å². The molecule has 3 aromatic rings. The number of thioether (sulfide) groups is 1. The van der Waals surface area contributed by atoms with Crippen LogP contribution in [0.15, 0.2) is 29.1 Å². The summed E-state index contributed by atoms with van der Waals surface area (Å²) in [5, 5.41) is 0.817. The van der Waals surface area contributed by atoms with E-state index in [2.05, 4.69) is 40.2 Å². The molecule has 0 radical (unpaired) electrons. The van der Waals surface area contributed by atoms with E-state index >= 15 is 0 Å². The average Bonchev–Trinajstić information content (AvgIpc) is 3.34. The van der Waals surface area contributed by atoms with E-state index in [9.17, 15) is 4.79 Å². The van der Waals surface area contributed by atoms with Crippen molar-refractivity contribution in [3.05, 3.63) is 56.4 Å². The Bertz CT molecular complexity index is 1120. The average molecular weight is 424 g/mol. The van der Waals surface area contributed by atoms with E-state index in [1.54, 1.807) is 23.1 Å². The summed E-state index contributed by atoms with van der Waals surface area (Å²) in [5.74, 6) is 0.676. The smallest absolute Gasteiger partial charge is 0.260 e. The van der Waals surface area contributed by atoms with Crippen molar-refractivity contribution in [3.8, 4) is 0 Å². The minimum absolute atomic E-state index is 0.00444. The number of hydrogen-bond donors (Lipinski definition) is 1. The van der Waals surface area contributed by atoms with Crippen LogP contribution in [0.5, 0.6) is 0 Å². The molecule has 150 valence electrons. The molecular formula is C23H25N3OS2. The van der Waals surface area contributed by atoms with E-state index in [-0.39, 0.29) is 5.56 Å². The zero-order chi connectivity index (χ0) is 19.8. The lowest BCUT2D eigenvalue weighted by Gasteiger charge is -2.28. The number of benzene rings is 1. The van der Waals surface area contributed by atoms with Gasteiger partial charge >= 0.3 is 0 Å². The second kappa shape index (κ2) is 8.00. The predicted octanol–water partition coefficient (Wildman–Crippen LogP) is 5.32. The van der Waals surface area contributed by atoms with Gasteiger partial charge in [0, 0.05) is 23.7 Å². The first-order valence-electron chi connectivity index (χ1n) is 10.4. The minimum Gasteiger partial charge on any atom is -0.372 e. The van der Waals surface area contributed by atoms with Crippen molar-refractivity contribution in [1.29, 1.82) is 0 Å².